The summed E-state index contributed by atoms with van der Waals surface area (Å²) in [5.41, 5.74) is 2.11. The maximum absolute atomic E-state index is 3.59. The highest BCUT2D eigenvalue weighted by atomic mass is 15.1. The minimum absolute atomic E-state index is 0.646. The number of piperidine rings is 2. The van der Waals surface area contributed by atoms with E-state index in [4.69, 9.17) is 0 Å². The van der Waals surface area contributed by atoms with Crippen LogP contribution in [-0.4, -0.2) is 31.1 Å². The SMILES string of the molecule is CCC1CNCCC12CCN(Cc1ccccc1)CC2. The van der Waals surface area contributed by atoms with Gasteiger partial charge in [-0.25, -0.2) is 0 Å². The lowest BCUT2D eigenvalue weighted by Gasteiger charge is -2.49. The Bertz CT molecular complexity index is 407. The van der Waals surface area contributed by atoms with Crippen molar-refractivity contribution >= 4 is 0 Å². The molecule has 20 heavy (non-hydrogen) atoms. The monoisotopic (exact) mass is 272 g/mol. The zero-order valence-electron chi connectivity index (χ0n) is 12.8. The minimum atomic E-state index is 0.646. The third-order valence-electron chi connectivity index (χ3n) is 5.65. The molecule has 2 aliphatic rings. The Balaban J connectivity index is 1.58. The molecule has 2 aliphatic heterocycles. The van der Waals surface area contributed by atoms with Crippen molar-refractivity contribution in [1.29, 1.82) is 0 Å². The molecule has 3 rings (SSSR count). The zero-order valence-corrected chi connectivity index (χ0v) is 12.8. The van der Waals surface area contributed by atoms with E-state index in [1.54, 1.807) is 0 Å². The lowest BCUT2D eigenvalue weighted by atomic mass is 9.64. The van der Waals surface area contributed by atoms with Gasteiger partial charge in [-0.1, -0.05) is 43.7 Å². The Hall–Kier alpha value is -0.860. The fourth-order valence-electron chi connectivity index (χ4n) is 4.27. The molecule has 2 saturated heterocycles. The molecular weight excluding hydrogens is 244 g/mol. The van der Waals surface area contributed by atoms with Gasteiger partial charge in [-0.2, -0.15) is 0 Å². The maximum atomic E-state index is 3.59. The van der Waals surface area contributed by atoms with E-state index in [1.807, 2.05) is 0 Å². The summed E-state index contributed by atoms with van der Waals surface area (Å²) >= 11 is 0. The van der Waals surface area contributed by atoms with Crippen molar-refractivity contribution in [1.82, 2.24) is 10.2 Å². The average Bonchev–Trinajstić information content (AvgIpc) is 2.51. The lowest BCUT2D eigenvalue weighted by Crippen LogP contribution is -2.50. The van der Waals surface area contributed by atoms with Gasteiger partial charge in [0, 0.05) is 6.54 Å². The van der Waals surface area contributed by atoms with Crippen LogP contribution in [0.15, 0.2) is 30.3 Å². The molecule has 1 aromatic carbocycles. The molecule has 110 valence electrons. The third-order valence-corrected chi connectivity index (χ3v) is 5.65. The van der Waals surface area contributed by atoms with E-state index < -0.39 is 0 Å². The van der Waals surface area contributed by atoms with Crippen LogP contribution in [0.4, 0.5) is 0 Å². The molecule has 0 bridgehead atoms. The molecule has 1 spiro atoms. The van der Waals surface area contributed by atoms with Gasteiger partial charge in [0.05, 0.1) is 0 Å². The molecule has 1 N–H and O–H groups in total. The van der Waals surface area contributed by atoms with Crippen LogP contribution in [0.2, 0.25) is 0 Å². The van der Waals surface area contributed by atoms with Gasteiger partial charge >= 0.3 is 0 Å². The molecule has 2 nitrogen and oxygen atoms in total. The summed E-state index contributed by atoms with van der Waals surface area (Å²) in [6.45, 7) is 8.54. The predicted molar refractivity (Wildman–Crippen MR) is 84.7 cm³/mol. The number of hydrogen-bond donors (Lipinski definition) is 1. The van der Waals surface area contributed by atoms with Crippen LogP contribution in [-0.2, 0) is 6.54 Å². The summed E-state index contributed by atoms with van der Waals surface area (Å²) in [7, 11) is 0. The Kier molecular flexibility index (Phi) is 4.42. The Morgan fingerprint density at radius 1 is 1.15 bits per heavy atom. The number of benzene rings is 1. The summed E-state index contributed by atoms with van der Waals surface area (Å²) in [5, 5.41) is 3.59. The van der Waals surface area contributed by atoms with Gasteiger partial charge in [-0.3, -0.25) is 4.90 Å². The van der Waals surface area contributed by atoms with Crippen molar-refractivity contribution in [3.05, 3.63) is 35.9 Å². The minimum Gasteiger partial charge on any atom is -0.316 e. The largest absolute Gasteiger partial charge is 0.316 e. The fourth-order valence-corrected chi connectivity index (χ4v) is 4.27. The van der Waals surface area contributed by atoms with Crippen LogP contribution in [0.25, 0.3) is 0 Å². The summed E-state index contributed by atoms with van der Waals surface area (Å²) in [6, 6.07) is 10.9. The quantitative estimate of drug-likeness (QED) is 0.908. The van der Waals surface area contributed by atoms with E-state index in [2.05, 4.69) is 47.5 Å². The topological polar surface area (TPSA) is 15.3 Å². The Labute approximate surface area is 123 Å². The van der Waals surface area contributed by atoms with Crippen LogP contribution in [0.1, 0.15) is 38.2 Å². The molecular formula is C18H28N2. The molecule has 0 aliphatic carbocycles. The van der Waals surface area contributed by atoms with Crippen molar-refractivity contribution in [2.24, 2.45) is 11.3 Å². The standard InChI is InChI=1S/C18H28N2/c1-2-17-14-19-11-8-18(17)9-12-20(13-10-18)15-16-6-4-3-5-7-16/h3-7,17,19H,2,8-15H2,1H3. The number of likely N-dealkylation sites (tertiary alicyclic amines) is 1. The van der Waals surface area contributed by atoms with Crippen LogP contribution in [0.5, 0.6) is 0 Å². The molecule has 0 saturated carbocycles. The van der Waals surface area contributed by atoms with Gasteiger partial charge in [-0.15, -0.1) is 0 Å². The average molecular weight is 272 g/mol. The van der Waals surface area contributed by atoms with Gasteiger partial charge < -0.3 is 5.32 Å². The normalized spacial score (nSPS) is 26.8. The van der Waals surface area contributed by atoms with E-state index in [1.165, 1.54) is 57.4 Å². The second kappa shape index (κ2) is 6.28. The summed E-state index contributed by atoms with van der Waals surface area (Å²) in [5.74, 6) is 0.898. The second-order valence-electron chi connectivity index (χ2n) is 6.68. The van der Waals surface area contributed by atoms with Crippen LogP contribution in [0.3, 0.4) is 0 Å². The van der Waals surface area contributed by atoms with Crippen molar-refractivity contribution in [2.45, 2.75) is 39.2 Å². The van der Waals surface area contributed by atoms with Crippen molar-refractivity contribution in [2.75, 3.05) is 26.2 Å². The first kappa shape index (κ1) is 14.1. The van der Waals surface area contributed by atoms with E-state index in [0.29, 0.717) is 5.41 Å². The smallest absolute Gasteiger partial charge is 0.0233 e. The van der Waals surface area contributed by atoms with Crippen LogP contribution < -0.4 is 5.32 Å². The predicted octanol–water partition coefficient (Wildman–Crippen LogP) is 3.29. The number of nitrogens with zero attached hydrogens (tertiary/aromatic N) is 1. The van der Waals surface area contributed by atoms with Crippen LogP contribution in [0, 0.1) is 11.3 Å². The van der Waals surface area contributed by atoms with Gasteiger partial charge in [0.15, 0.2) is 0 Å². The van der Waals surface area contributed by atoms with E-state index >= 15 is 0 Å². The molecule has 1 atom stereocenters. The van der Waals surface area contributed by atoms with Crippen molar-refractivity contribution in [3.8, 4) is 0 Å². The Morgan fingerprint density at radius 2 is 1.90 bits per heavy atom. The number of rotatable bonds is 3. The highest BCUT2D eigenvalue weighted by Gasteiger charge is 2.41. The van der Waals surface area contributed by atoms with Gasteiger partial charge in [0.25, 0.3) is 0 Å². The molecule has 0 amide bonds. The lowest BCUT2D eigenvalue weighted by molar-refractivity contribution is 0.0179. The zero-order chi connectivity index (χ0) is 13.8. The molecule has 0 radical (unpaired) electrons. The van der Waals surface area contributed by atoms with E-state index in [0.717, 1.165) is 12.5 Å². The fraction of sp³-hybridized carbons (Fsp3) is 0.667. The van der Waals surface area contributed by atoms with Crippen molar-refractivity contribution in [3.63, 3.8) is 0 Å². The van der Waals surface area contributed by atoms with Crippen molar-refractivity contribution < 1.29 is 0 Å². The van der Waals surface area contributed by atoms with Crippen LogP contribution >= 0.6 is 0 Å². The maximum Gasteiger partial charge on any atom is 0.0233 e. The first-order valence-electron chi connectivity index (χ1n) is 8.29. The number of hydrogen-bond acceptors (Lipinski definition) is 2. The van der Waals surface area contributed by atoms with Gasteiger partial charge in [0.2, 0.25) is 0 Å². The van der Waals surface area contributed by atoms with Gasteiger partial charge in [-0.05, 0) is 62.3 Å². The van der Waals surface area contributed by atoms with E-state index in [-0.39, 0.29) is 0 Å². The molecule has 1 unspecified atom stereocenters. The Morgan fingerprint density at radius 3 is 2.60 bits per heavy atom. The second-order valence-corrected chi connectivity index (χ2v) is 6.68. The summed E-state index contributed by atoms with van der Waals surface area (Å²) in [6.07, 6.45) is 5.54. The molecule has 2 heteroatoms. The molecule has 0 aromatic heterocycles. The summed E-state index contributed by atoms with van der Waals surface area (Å²) < 4.78 is 0. The van der Waals surface area contributed by atoms with Gasteiger partial charge in [0.1, 0.15) is 0 Å². The highest BCUT2D eigenvalue weighted by molar-refractivity contribution is 5.14. The third kappa shape index (κ3) is 2.91. The molecule has 2 fully saturated rings. The van der Waals surface area contributed by atoms with E-state index in [9.17, 15) is 0 Å². The highest BCUT2D eigenvalue weighted by Crippen LogP contribution is 2.44. The first-order chi connectivity index (χ1) is 9.82. The number of nitrogens with one attached hydrogen (secondary N) is 1. The summed E-state index contributed by atoms with van der Waals surface area (Å²) in [4.78, 5) is 2.65. The first-order valence-corrected chi connectivity index (χ1v) is 8.29. The molecule has 1 aromatic rings. The molecule has 2 heterocycles.